The average Bonchev–Trinajstić information content (AvgIpc) is 3.15. The Hall–Kier alpha value is -2.40. The van der Waals surface area contributed by atoms with Gasteiger partial charge in [0, 0.05) is 16.6 Å². The molecule has 3 aromatic rings. The molecular weight excluding hydrogens is 282 g/mol. The molecule has 0 aliphatic rings. The van der Waals surface area contributed by atoms with Crippen LogP contribution in [-0.4, -0.2) is 16.2 Å². The van der Waals surface area contributed by atoms with Crippen LogP contribution < -0.4 is 5.43 Å². The largest absolute Gasteiger partial charge is 0.338 e. The van der Waals surface area contributed by atoms with Crippen molar-refractivity contribution in [1.82, 2.24) is 9.99 Å². The predicted octanol–water partition coefficient (Wildman–Crippen LogP) is 3.24. The van der Waals surface area contributed by atoms with E-state index in [4.69, 9.17) is 0 Å². The highest BCUT2D eigenvalue weighted by Gasteiger charge is 2.05. The zero-order valence-electron chi connectivity index (χ0n) is 11.6. The summed E-state index contributed by atoms with van der Waals surface area (Å²) in [6.07, 6.45) is 1.92. The summed E-state index contributed by atoms with van der Waals surface area (Å²) in [7, 11) is 0. The van der Waals surface area contributed by atoms with E-state index in [0.717, 1.165) is 21.5 Å². The third-order valence-electron chi connectivity index (χ3n) is 3.22. The van der Waals surface area contributed by atoms with E-state index in [0.29, 0.717) is 0 Å². The van der Waals surface area contributed by atoms with Crippen LogP contribution in [0.1, 0.15) is 11.8 Å². The van der Waals surface area contributed by atoms with E-state index < -0.39 is 0 Å². The van der Waals surface area contributed by atoms with E-state index in [1.165, 1.54) is 0 Å². The van der Waals surface area contributed by atoms with E-state index in [-0.39, 0.29) is 12.5 Å². The van der Waals surface area contributed by atoms with Crippen LogP contribution in [0.15, 0.2) is 59.1 Å². The first-order valence-corrected chi connectivity index (χ1v) is 7.53. The Kier molecular flexibility index (Phi) is 3.83. The van der Waals surface area contributed by atoms with Gasteiger partial charge in [0.15, 0.2) is 0 Å². The molecule has 3 rings (SSSR count). The molecule has 0 atom stereocenters. The lowest BCUT2D eigenvalue weighted by atomic mass is 10.2. The fourth-order valence-corrected chi connectivity index (χ4v) is 2.83. The molecule has 21 heavy (non-hydrogen) atoms. The molecule has 0 bridgehead atoms. The highest BCUT2D eigenvalue weighted by molar-refractivity contribution is 7.12. The van der Waals surface area contributed by atoms with Gasteiger partial charge in [-0.15, -0.1) is 11.3 Å². The van der Waals surface area contributed by atoms with Crippen molar-refractivity contribution in [3.05, 3.63) is 58.9 Å². The van der Waals surface area contributed by atoms with Crippen LogP contribution in [0, 0.1) is 0 Å². The number of hydrogen-bond acceptors (Lipinski definition) is 3. The van der Waals surface area contributed by atoms with Crippen molar-refractivity contribution in [2.24, 2.45) is 5.10 Å². The Morgan fingerprint density at radius 3 is 2.90 bits per heavy atom. The number of rotatable bonds is 4. The lowest BCUT2D eigenvalue weighted by Gasteiger charge is -2.04. The quantitative estimate of drug-likeness (QED) is 0.583. The number of aromatic nitrogens is 1. The van der Waals surface area contributed by atoms with Gasteiger partial charge < -0.3 is 4.57 Å². The van der Waals surface area contributed by atoms with Gasteiger partial charge in [-0.1, -0.05) is 24.3 Å². The number of benzene rings is 1. The van der Waals surface area contributed by atoms with Crippen molar-refractivity contribution < 1.29 is 4.79 Å². The Morgan fingerprint density at radius 2 is 2.10 bits per heavy atom. The SMILES string of the molecule is C/C(=N/NC(=O)Cn1ccc2ccccc21)c1cccs1. The second-order valence-corrected chi connectivity index (χ2v) is 5.66. The maximum absolute atomic E-state index is 12.0. The zero-order chi connectivity index (χ0) is 14.7. The summed E-state index contributed by atoms with van der Waals surface area (Å²) in [6, 6.07) is 13.9. The van der Waals surface area contributed by atoms with Crippen LogP contribution in [0.2, 0.25) is 0 Å². The minimum atomic E-state index is -0.132. The Balaban J connectivity index is 1.68. The molecule has 0 aliphatic heterocycles. The van der Waals surface area contributed by atoms with E-state index in [9.17, 15) is 4.79 Å². The number of thiophene rings is 1. The van der Waals surface area contributed by atoms with Crippen molar-refractivity contribution in [1.29, 1.82) is 0 Å². The maximum Gasteiger partial charge on any atom is 0.259 e. The fraction of sp³-hybridized carbons (Fsp3) is 0.125. The number of nitrogens with zero attached hydrogens (tertiary/aromatic N) is 2. The summed E-state index contributed by atoms with van der Waals surface area (Å²) in [5, 5.41) is 7.26. The molecule has 0 radical (unpaired) electrons. The number of para-hydroxylation sites is 1. The summed E-state index contributed by atoms with van der Waals surface area (Å²) in [5.41, 5.74) is 4.47. The normalized spacial score (nSPS) is 11.8. The van der Waals surface area contributed by atoms with Crippen LogP contribution in [0.4, 0.5) is 0 Å². The molecule has 1 N–H and O–H groups in total. The van der Waals surface area contributed by atoms with Crippen LogP contribution in [0.5, 0.6) is 0 Å². The summed E-state index contributed by atoms with van der Waals surface area (Å²) in [6.45, 7) is 2.14. The molecule has 2 aromatic heterocycles. The first-order valence-electron chi connectivity index (χ1n) is 6.65. The molecule has 1 amide bonds. The Labute approximate surface area is 126 Å². The first kappa shape index (κ1) is 13.6. The number of carbonyl (C=O) groups excluding carboxylic acids is 1. The number of hydrazone groups is 1. The standard InChI is InChI=1S/C16H15N3OS/c1-12(15-7-4-10-21-15)17-18-16(20)11-19-9-8-13-5-2-3-6-14(13)19/h2-10H,11H2,1H3,(H,18,20)/b17-12-. The summed E-state index contributed by atoms with van der Waals surface area (Å²) >= 11 is 1.60. The van der Waals surface area contributed by atoms with Crippen molar-refractivity contribution in [3.63, 3.8) is 0 Å². The lowest BCUT2D eigenvalue weighted by Crippen LogP contribution is -2.23. The van der Waals surface area contributed by atoms with Crippen molar-refractivity contribution >= 4 is 33.9 Å². The Morgan fingerprint density at radius 1 is 1.24 bits per heavy atom. The van der Waals surface area contributed by atoms with Crippen molar-refractivity contribution in [3.8, 4) is 0 Å². The van der Waals surface area contributed by atoms with Gasteiger partial charge in [-0.05, 0) is 35.9 Å². The fourth-order valence-electron chi connectivity index (χ4n) is 2.15. The number of fused-ring (bicyclic) bond motifs is 1. The first-order chi connectivity index (χ1) is 10.2. The maximum atomic E-state index is 12.0. The van der Waals surface area contributed by atoms with E-state index in [1.54, 1.807) is 11.3 Å². The third-order valence-corrected chi connectivity index (χ3v) is 4.20. The zero-order valence-corrected chi connectivity index (χ0v) is 12.4. The Bertz CT molecular complexity index is 787. The van der Waals surface area contributed by atoms with Gasteiger partial charge in [-0.2, -0.15) is 5.10 Å². The van der Waals surface area contributed by atoms with Crippen LogP contribution >= 0.6 is 11.3 Å². The molecule has 0 unspecified atom stereocenters. The molecule has 0 aliphatic carbocycles. The van der Waals surface area contributed by atoms with Gasteiger partial charge in [0.1, 0.15) is 6.54 Å². The minimum Gasteiger partial charge on any atom is -0.338 e. The second-order valence-electron chi connectivity index (χ2n) is 4.71. The molecule has 0 spiro atoms. The second kappa shape index (κ2) is 5.93. The summed E-state index contributed by atoms with van der Waals surface area (Å²) in [4.78, 5) is 13.0. The number of amides is 1. The third kappa shape index (κ3) is 3.03. The summed E-state index contributed by atoms with van der Waals surface area (Å²) in [5.74, 6) is -0.132. The molecule has 4 nitrogen and oxygen atoms in total. The van der Waals surface area contributed by atoms with Crippen LogP contribution in [0.25, 0.3) is 10.9 Å². The van der Waals surface area contributed by atoms with Gasteiger partial charge >= 0.3 is 0 Å². The molecule has 0 saturated heterocycles. The lowest BCUT2D eigenvalue weighted by molar-refractivity contribution is -0.121. The predicted molar refractivity (Wildman–Crippen MR) is 86.6 cm³/mol. The van der Waals surface area contributed by atoms with Gasteiger partial charge in [0.2, 0.25) is 0 Å². The van der Waals surface area contributed by atoms with E-state index in [1.807, 2.05) is 65.5 Å². The van der Waals surface area contributed by atoms with Crippen molar-refractivity contribution in [2.45, 2.75) is 13.5 Å². The van der Waals surface area contributed by atoms with Gasteiger partial charge in [-0.3, -0.25) is 4.79 Å². The monoisotopic (exact) mass is 297 g/mol. The molecule has 0 saturated carbocycles. The smallest absolute Gasteiger partial charge is 0.259 e. The van der Waals surface area contributed by atoms with Gasteiger partial charge in [0.05, 0.1) is 5.71 Å². The molecule has 106 valence electrons. The minimum absolute atomic E-state index is 0.132. The van der Waals surface area contributed by atoms with Crippen LogP contribution in [-0.2, 0) is 11.3 Å². The molecular formula is C16H15N3OS. The molecule has 1 aromatic carbocycles. The topological polar surface area (TPSA) is 46.4 Å². The number of hydrogen-bond donors (Lipinski definition) is 1. The van der Waals surface area contributed by atoms with Gasteiger partial charge in [0.25, 0.3) is 5.91 Å². The molecule has 2 heterocycles. The average molecular weight is 297 g/mol. The van der Waals surface area contributed by atoms with E-state index in [2.05, 4.69) is 10.5 Å². The van der Waals surface area contributed by atoms with Crippen LogP contribution in [0.3, 0.4) is 0 Å². The summed E-state index contributed by atoms with van der Waals surface area (Å²) < 4.78 is 1.92. The number of nitrogens with one attached hydrogen (secondary N) is 1. The van der Waals surface area contributed by atoms with Gasteiger partial charge in [-0.25, -0.2) is 5.43 Å². The van der Waals surface area contributed by atoms with E-state index >= 15 is 0 Å². The highest BCUT2D eigenvalue weighted by Crippen LogP contribution is 2.14. The molecule has 5 heteroatoms. The van der Waals surface area contributed by atoms with Crippen molar-refractivity contribution in [2.75, 3.05) is 0 Å². The number of carbonyl (C=O) groups is 1. The molecule has 0 fully saturated rings. The highest BCUT2D eigenvalue weighted by atomic mass is 32.1.